The van der Waals surface area contributed by atoms with E-state index in [-0.39, 0.29) is 0 Å². The van der Waals surface area contributed by atoms with Crippen LogP contribution in [0.4, 0.5) is 0 Å². The smallest absolute Gasteiger partial charge is 0.311 e. The highest BCUT2D eigenvalue weighted by atomic mass is 16.4. The average Bonchev–Trinajstić information content (AvgIpc) is 2.69. The van der Waals surface area contributed by atoms with Crippen molar-refractivity contribution in [1.82, 2.24) is 9.61 Å². The van der Waals surface area contributed by atoms with Gasteiger partial charge in [-0.1, -0.05) is 6.07 Å². The molecule has 0 aromatic carbocycles. The maximum absolute atomic E-state index is 11.1. The van der Waals surface area contributed by atoms with Gasteiger partial charge < -0.3 is 10.2 Å². The molecule has 88 valence electrons. The Hall–Kier alpha value is -2.37. The average molecular weight is 234 g/mol. The van der Waals surface area contributed by atoms with E-state index < -0.39 is 24.3 Å². The predicted octanol–water partition coefficient (Wildman–Crippen LogP) is 0.977. The number of aromatic nitrogens is 2. The second-order valence-electron chi connectivity index (χ2n) is 3.62. The van der Waals surface area contributed by atoms with Gasteiger partial charge in [-0.05, 0) is 12.1 Å². The fourth-order valence-electron chi connectivity index (χ4n) is 1.73. The summed E-state index contributed by atoms with van der Waals surface area (Å²) >= 11 is 0. The van der Waals surface area contributed by atoms with Crippen LogP contribution in [0.3, 0.4) is 0 Å². The van der Waals surface area contributed by atoms with Crippen molar-refractivity contribution in [3.8, 4) is 0 Å². The van der Waals surface area contributed by atoms with Crippen molar-refractivity contribution < 1.29 is 19.8 Å². The van der Waals surface area contributed by atoms with Crippen LogP contribution < -0.4 is 0 Å². The minimum atomic E-state index is -1.16. The van der Waals surface area contributed by atoms with Crippen LogP contribution in [0.15, 0.2) is 30.6 Å². The highest BCUT2D eigenvalue weighted by Crippen LogP contribution is 2.24. The molecular formula is C11H10N2O4. The zero-order chi connectivity index (χ0) is 12.4. The molecule has 2 aromatic rings. The van der Waals surface area contributed by atoms with Crippen LogP contribution in [0.25, 0.3) is 5.52 Å². The molecule has 1 atom stereocenters. The van der Waals surface area contributed by atoms with Gasteiger partial charge in [0, 0.05) is 11.8 Å². The molecule has 0 amide bonds. The van der Waals surface area contributed by atoms with Gasteiger partial charge in [-0.2, -0.15) is 5.10 Å². The number of hydrogen-bond acceptors (Lipinski definition) is 3. The molecule has 2 aromatic heterocycles. The van der Waals surface area contributed by atoms with Gasteiger partial charge in [-0.25, -0.2) is 4.52 Å². The van der Waals surface area contributed by atoms with E-state index in [1.807, 2.05) is 0 Å². The van der Waals surface area contributed by atoms with Crippen LogP contribution in [-0.4, -0.2) is 31.8 Å². The monoisotopic (exact) mass is 234 g/mol. The van der Waals surface area contributed by atoms with Crippen molar-refractivity contribution >= 4 is 17.5 Å². The van der Waals surface area contributed by atoms with Crippen LogP contribution in [0.2, 0.25) is 0 Å². The summed E-state index contributed by atoms with van der Waals surface area (Å²) in [5.74, 6) is -3.38. The molecule has 0 saturated carbocycles. The molecule has 0 aliphatic carbocycles. The minimum Gasteiger partial charge on any atom is -0.481 e. The van der Waals surface area contributed by atoms with Crippen molar-refractivity contribution in [3.63, 3.8) is 0 Å². The first kappa shape index (κ1) is 11.1. The Kier molecular flexibility index (Phi) is 2.78. The first-order chi connectivity index (χ1) is 8.09. The van der Waals surface area contributed by atoms with Gasteiger partial charge in [0.1, 0.15) is 0 Å². The number of aliphatic carboxylic acids is 2. The molecule has 2 heterocycles. The zero-order valence-electron chi connectivity index (χ0n) is 8.78. The Morgan fingerprint density at radius 3 is 2.76 bits per heavy atom. The normalized spacial score (nSPS) is 12.5. The SMILES string of the molecule is O=C(O)CC(C(=O)O)c1cnn2ccccc12. The van der Waals surface area contributed by atoms with E-state index in [0.29, 0.717) is 11.1 Å². The molecule has 2 rings (SSSR count). The van der Waals surface area contributed by atoms with Crippen molar-refractivity contribution in [2.75, 3.05) is 0 Å². The van der Waals surface area contributed by atoms with Crippen LogP contribution in [0.5, 0.6) is 0 Å². The lowest BCUT2D eigenvalue weighted by Crippen LogP contribution is -2.15. The highest BCUT2D eigenvalue weighted by molar-refractivity contribution is 5.84. The fourth-order valence-corrected chi connectivity index (χ4v) is 1.73. The van der Waals surface area contributed by atoms with Gasteiger partial charge in [0.15, 0.2) is 0 Å². The molecule has 0 radical (unpaired) electrons. The number of fused-ring (bicyclic) bond motifs is 1. The number of carbonyl (C=O) groups is 2. The Bertz CT molecular complexity index is 576. The lowest BCUT2D eigenvalue weighted by molar-refractivity contribution is -0.145. The van der Waals surface area contributed by atoms with Crippen molar-refractivity contribution in [1.29, 1.82) is 0 Å². The molecule has 6 heteroatoms. The summed E-state index contributed by atoms with van der Waals surface area (Å²) in [5.41, 5.74) is 1.03. The number of carboxylic acid groups (broad SMARTS) is 2. The summed E-state index contributed by atoms with van der Waals surface area (Å²) < 4.78 is 1.52. The van der Waals surface area contributed by atoms with Crippen LogP contribution in [-0.2, 0) is 9.59 Å². The Labute approximate surface area is 96.1 Å². The van der Waals surface area contributed by atoms with E-state index in [1.54, 1.807) is 24.4 Å². The van der Waals surface area contributed by atoms with E-state index >= 15 is 0 Å². The Morgan fingerprint density at radius 2 is 2.12 bits per heavy atom. The van der Waals surface area contributed by atoms with E-state index in [1.165, 1.54) is 10.7 Å². The summed E-state index contributed by atoms with van der Waals surface area (Å²) in [5, 5.41) is 21.8. The van der Waals surface area contributed by atoms with Crippen molar-refractivity contribution in [2.45, 2.75) is 12.3 Å². The fraction of sp³-hybridized carbons (Fsp3) is 0.182. The molecule has 0 saturated heterocycles. The largest absolute Gasteiger partial charge is 0.481 e. The van der Waals surface area contributed by atoms with Gasteiger partial charge in [0.25, 0.3) is 0 Å². The molecule has 1 unspecified atom stereocenters. The van der Waals surface area contributed by atoms with Crippen LogP contribution in [0, 0.1) is 0 Å². The third-order valence-corrected chi connectivity index (χ3v) is 2.51. The number of carboxylic acids is 2. The van der Waals surface area contributed by atoms with Crippen LogP contribution in [0.1, 0.15) is 17.9 Å². The highest BCUT2D eigenvalue weighted by Gasteiger charge is 2.26. The molecule has 0 aliphatic rings. The molecular weight excluding hydrogens is 224 g/mol. The summed E-state index contributed by atoms with van der Waals surface area (Å²) in [7, 11) is 0. The number of hydrogen-bond donors (Lipinski definition) is 2. The van der Waals surface area contributed by atoms with E-state index in [0.717, 1.165) is 0 Å². The van der Waals surface area contributed by atoms with Gasteiger partial charge in [0.2, 0.25) is 0 Å². The minimum absolute atomic E-state index is 0.417. The van der Waals surface area contributed by atoms with Gasteiger partial charge in [-0.15, -0.1) is 0 Å². The van der Waals surface area contributed by atoms with Crippen molar-refractivity contribution in [3.05, 3.63) is 36.2 Å². The lowest BCUT2D eigenvalue weighted by atomic mass is 9.97. The maximum Gasteiger partial charge on any atom is 0.311 e. The second kappa shape index (κ2) is 4.25. The summed E-state index contributed by atoms with van der Waals surface area (Å²) in [6.07, 6.45) is 2.63. The Morgan fingerprint density at radius 1 is 1.35 bits per heavy atom. The first-order valence-corrected chi connectivity index (χ1v) is 4.96. The summed E-state index contributed by atoms with van der Waals surface area (Å²) in [4.78, 5) is 21.7. The molecule has 0 spiro atoms. The van der Waals surface area contributed by atoms with Crippen molar-refractivity contribution in [2.24, 2.45) is 0 Å². The van der Waals surface area contributed by atoms with Gasteiger partial charge in [0.05, 0.1) is 24.1 Å². The molecule has 0 bridgehead atoms. The number of nitrogens with zero attached hydrogens (tertiary/aromatic N) is 2. The maximum atomic E-state index is 11.1. The molecule has 0 aliphatic heterocycles. The standard InChI is InChI=1S/C11H10N2O4/c14-10(15)5-7(11(16)17)8-6-12-13-4-2-1-3-9(8)13/h1-4,6-7H,5H2,(H,14,15)(H,16,17). The van der Waals surface area contributed by atoms with E-state index in [9.17, 15) is 9.59 Å². The zero-order valence-corrected chi connectivity index (χ0v) is 8.78. The first-order valence-electron chi connectivity index (χ1n) is 4.96. The van der Waals surface area contributed by atoms with Crippen LogP contribution >= 0.6 is 0 Å². The summed E-state index contributed by atoms with van der Waals surface area (Å²) in [6, 6.07) is 5.22. The van der Waals surface area contributed by atoms with Gasteiger partial charge in [-0.3, -0.25) is 9.59 Å². The summed E-state index contributed by atoms with van der Waals surface area (Å²) in [6.45, 7) is 0. The quantitative estimate of drug-likeness (QED) is 0.822. The predicted molar refractivity (Wildman–Crippen MR) is 57.8 cm³/mol. The number of rotatable bonds is 4. The molecule has 17 heavy (non-hydrogen) atoms. The van der Waals surface area contributed by atoms with E-state index in [4.69, 9.17) is 10.2 Å². The third-order valence-electron chi connectivity index (χ3n) is 2.51. The van der Waals surface area contributed by atoms with Gasteiger partial charge >= 0.3 is 11.9 Å². The Balaban J connectivity index is 2.48. The number of pyridine rings is 1. The molecule has 2 N–H and O–H groups in total. The second-order valence-corrected chi connectivity index (χ2v) is 3.62. The molecule has 0 fully saturated rings. The lowest BCUT2D eigenvalue weighted by Gasteiger charge is -2.07. The molecule has 6 nitrogen and oxygen atoms in total. The third kappa shape index (κ3) is 2.10. The topological polar surface area (TPSA) is 91.9 Å². The van der Waals surface area contributed by atoms with E-state index in [2.05, 4.69) is 5.10 Å².